The summed E-state index contributed by atoms with van der Waals surface area (Å²) in [5.41, 5.74) is -1.11. The highest BCUT2D eigenvalue weighted by atomic mass is 32.2. The van der Waals surface area contributed by atoms with Crippen molar-refractivity contribution in [3.63, 3.8) is 0 Å². The smallest absolute Gasteiger partial charge is 0.433 e. The highest BCUT2D eigenvalue weighted by Gasteiger charge is 2.33. The molecule has 0 aliphatic heterocycles. The second-order valence-corrected chi connectivity index (χ2v) is 3.64. The molecule has 0 radical (unpaired) electrons. The summed E-state index contributed by atoms with van der Waals surface area (Å²) in [7, 11) is 0. The van der Waals surface area contributed by atoms with Crippen LogP contribution < -0.4 is 5.32 Å². The van der Waals surface area contributed by atoms with E-state index < -0.39 is 24.4 Å². The average Bonchev–Trinajstić information content (AvgIpc) is 2.24. The van der Waals surface area contributed by atoms with Crippen molar-refractivity contribution in [2.45, 2.75) is 11.3 Å². The summed E-state index contributed by atoms with van der Waals surface area (Å²) in [5.74, 6) is -1.36. The molecule has 0 fully saturated rings. The first kappa shape index (κ1) is 13.6. The van der Waals surface area contributed by atoms with Crippen molar-refractivity contribution in [3.05, 3.63) is 11.8 Å². The molecule has 1 rings (SSSR count). The zero-order chi connectivity index (χ0) is 13.1. The van der Waals surface area contributed by atoms with Gasteiger partial charge < -0.3 is 10.4 Å². The van der Waals surface area contributed by atoms with E-state index in [1.54, 1.807) is 0 Å². The molecule has 0 spiro atoms. The molecular formula is C8H8F3N3O2S. The fourth-order valence-corrected chi connectivity index (χ4v) is 1.30. The number of hydrogen-bond donors (Lipinski definition) is 2. The molecule has 0 aliphatic carbocycles. The molecule has 1 heterocycles. The summed E-state index contributed by atoms with van der Waals surface area (Å²) < 4.78 is 37.3. The molecule has 2 N–H and O–H groups in total. The Morgan fingerprint density at radius 1 is 1.53 bits per heavy atom. The number of hydrogen-bond acceptors (Lipinski definition) is 5. The standard InChI is InChI=1S/C8H8F3N3O2S/c1-17-7-13-4(8(9,10)11)2-5(14-7)12-3-6(15)16/h2H,3H2,1H3,(H,15,16)(H,12,13,14). The third-order valence-corrected chi connectivity index (χ3v) is 2.15. The predicted molar refractivity (Wildman–Crippen MR) is 54.9 cm³/mol. The summed E-state index contributed by atoms with van der Waals surface area (Å²) >= 11 is 0.938. The highest BCUT2D eigenvalue weighted by molar-refractivity contribution is 7.98. The van der Waals surface area contributed by atoms with E-state index in [0.29, 0.717) is 6.07 Å². The first-order chi connectivity index (χ1) is 7.82. The van der Waals surface area contributed by atoms with Crippen LogP contribution in [0.2, 0.25) is 0 Å². The molecule has 1 aromatic heterocycles. The molecule has 0 unspecified atom stereocenters. The highest BCUT2D eigenvalue weighted by Crippen LogP contribution is 2.30. The van der Waals surface area contributed by atoms with E-state index >= 15 is 0 Å². The fourth-order valence-electron chi connectivity index (χ4n) is 0.918. The molecule has 5 nitrogen and oxygen atoms in total. The second kappa shape index (κ2) is 5.21. The van der Waals surface area contributed by atoms with Crippen LogP contribution in [0.4, 0.5) is 19.0 Å². The van der Waals surface area contributed by atoms with Crippen molar-refractivity contribution in [2.24, 2.45) is 0 Å². The Morgan fingerprint density at radius 3 is 2.65 bits per heavy atom. The number of alkyl halides is 3. The number of rotatable bonds is 4. The molecule has 0 amide bonds. The third kappa shape index (κ3) is 4.10. The zero-order valence-electron chi connectivity index (χ0n) is 8.58. The topological polar surface area (TPSA) is 75.1 Å². The second-order valence-electron chi connectivity index (χ2n) is 2.87. The number of nitrogens with zero attached hydrogens (tertiary/aromatic N) is 2. The van der Waals surface area contributed by atoms with Gasteiger partial charge in [0.05, 0.1) is 0 Å². The maximum atomic E-state index is 12.4. The van der Waals surface area contributed by atoms with Crippen molar-refractivity contribution in [1.82, 2.24) is 9.97 Å². The van der Waals surface area contributed by atoms with Crippen LogP contribution in [0.5, 0.6) is 0 Å². The van der Waals surface area contributed by atoms with Crippen LogP contribution >= 0.6 is 11.8 Å². The minimum atomic E-state index is -4.59. The van der Waals surface area contributed by atoms with E-state index in [-0.39, 0.29) is 11.0 Å². The van der Waals surface area contributed by atoms with Crippen LogP contribution in [0.25, 0.3) is 0 Å². The van der Waals surface area contributed by atoms with Gasteiger partial charge in [-0.25, -0.2) is 9.97 Å². The molecule has 17 heavy (non-hydrogen) atoms. The lowest BCUT2D eigenvalue weighted by atomic mass is 10.4. The summed E-state index contributed by atoms with van der Waals surface area (Å²) in [6.45, 7) is -0.512. The first-order valence-electron chi connectivity index (χ1n) is 4.29. The number of carbonyl (C=O) groups is 1. The summed E-state index contributed by atoms with van der Waals surface area (Å²) in [6, 6.07) is 0.669. The summed E-state index contributed by atoms with van der Waals surface area (Å²) in [4.78, 5) is 17.3. The molecular weight excluding hydrogens is 259 g/mol. The molecule has 94 valence electrons. The molecule has 0 aromatic carbocycles. The first-order valence-corrected chi connectivity index (χ1v) is 5.51. The SMILES string of the molecule is CSc1nc(NCC(=O)O)cc(C(F)(F)F)n1. The number of aliphatic carboxylic acids is 1. The minimum Gasteiger partial charge on any atom is -0.480 e. The molecule has 0 atom stereocenters. The van der Waals surface area contributed by atoms with Crippen LogP contribution in [0.1, 0.15) is 5.69 Å². The van der Waals surface area contributed by atoms with Crippen LogP contribution in [-0.4, -0.2) is 33.8 Å². The molecule has 1 aromatic rings. The van der Waals surface area contributed by atoms with Crippen molar-refractivity contribution < 1.29 is 23.1 Å². The lowest BCUT2D eigenvalue weighted by molar-refractivity contribution is -0.141. The molecule has 0 saturated heterocycles. The number of halogens is 3. The number of aromatic nitrogens is 2. The zero-order valence-corrected chi connectivity index (χ0v) is 9.39. The Labute approximate surface area is 98.5 Å². The maximum absolute atomic E-state index is 12.4. The molecule has 9 heteroatoms. The quantitative estimate of drug-likeness (QED) is 0.639. The Kier molecular flexibility index (Phi) is 4.16. The van der Waals surface area contributed by atoms with Crippen molar-refractivity contribution >= 4 is 23.5 Å². The van der Waals surface area contributed by atoms with Crippen LogP contribution in [0.3, 0.4) is 0 Å². The van der Waals surface area contributed by atoms with Crippen LogP contribution in [-0.2, 0) is 11.0 Å². The van der Waals surface area contributed by atoms with Gasteiger partial charge in [0.2, 0.25) is 0 Å². The molecule has 0 saturated carbocycles. The van der Waals surface area contributed by atoms with Crippen LogP contribution in [0, 0.1) is 0 Å². The van der Waals surface area contributed by atoms with E-state index in [1.165, 1.54) is 6.26 Å². The number of anilines is 1. The van der Waals surface area contributed by atoms with E-state index in [9.17, 15) is 18.0 Å². The van der Waals surface area contributed by atoms with Gasteiger partial charge in [-0.1, -0.05) is 11.8 Å². The lowest BCUT2D eigenvalue weighted by Gasteiger charge is -2.09. The van der Waals surface area contributed by atoms with Gasteiger partial charge in [-0.2, -0.15) is 13.2 Å². The largest absolute Gasteiger partial charge is 0.480 e. The van der Waals surface area contributed by atoms with Gasteiger partial charge in [-0.3, -0.25) is 4.79 Å². The third-order valence-electron chi connectivity index (χ3n) is 1.60. The van der Waals surface area contributed by atoms with Crippen molar-refractivity contribution in [1.29, 1.82) is 0 Å². The summed E-state index contributed by atoms with van der Waals surface area (Å²) in [5, 5.41) is 10.6. The van der Waals surface area contributed by atoms with Gasteiger partial charge in [-0.15, -0.1) is 0 Å². The monoisotopic (exact) mass is 267 g/mol. The van der Waals surface area contributed by atoms with Gasteiger partial charge >= 0.3 is 12.1 Å². The molecule has 0 aliphatic rings. The normalized spacial score (nSPS) is 11.3. The number of carboxylic acid groups (broad SMARTS) is 1. The van der Waals surface area contributed by atoms with Gasteiger partial charge in [0.15, 0.2) is 10.9 Å². The maximum Gasteiger partial charge on any atom is 0.433 e. The average molecular weight is 267 g/mol. The number of thioether (sulfide) groups is 1. The van der Waals surface area contributed by atoms with E-state index in [2.05, 4.69) is 15.3 Å². The van der Waals surface area contributed by atoms with Gasteiger partial charge in [-0.05, 0) is 6.26 Å². The van der Waals surface area contributed by atoms with Crippen molar-refractivity contribution in [2.75, 3.05) is 18.1 Å². The summed E-state index contributed by atoms with van der Waals surface area (Å²) in [6.07, 6.45) is -3.07. The Bertz CT molecular complexity index is 425. The van der Waals surface area contributed by atoms with Crippen LogP contribution in [0.15, 0.2) is 11.2 Å². The van der Waals surface area contributed by atoms with E-state index in [0.717, 1.165) is 11.8 Å². The van der Waals surface area contributed by atoms with Gasteiger partial charge in [0.1, 0.15) is 12.4 Å². The Hall–Kier alpha value is -1.51. The Morgan fingerprint density at radius 2 is 2.18 bits per heavy atom. The number of nitrogens with one attached hydrogen (secondary N) is 1. The predicted octanol–water partition coefficient (Wildman–Crippen LogP) is 1.71. The fraction of sp³-hybridized carbons (Fsp3) is 0.375. The molecule has 0 bridgehead atoms. The van der Waals surface area contributed by atoms with E-state index in [4.69, 9.17) is 5.11 Å². The Balaban J connectivity index is 3.01. The van der Waals surface area contributed by atoms with Crippen molar-refractivity contribution in [3.8, 4) is 0 Å². The van der Waals surface area contributed by atoms with Gasteiger partial charge in [0.25, 0.3) is 0 Å². The lowest BCUT2D eigenvalue weighted by Crippen LogP contribution is -2.16. The van der Waals surface area contributed by atoms with E-state index in [1.807, 2.05) is 0 Å². The minimum absolute atomic E-state index is 0.0762. The van der Waals surface area contributed by atoms with Gasteiger partial charge in [0, 0.05) is 6.07 Å². The number of carboxylic acids is 1.